The molecule has 0 saturated heterocycles. The number of carbonyl (C=O) groups is 1. The molecule has 0 aliphatic heterocycles. The molecule has 2 N–H and O–H groups in total. The van der Waals surface area contributed by atoms with Gasteiger partial charge in [0.05, 0.1) is 65.0 Å². The molecule has 0 aromatic heterocycles. The standard InChI is InChI=1S/C18H20F6NO3.3C18H15S.C16H19F6N2.C15H16F7N2/c1-12(2)15(26)28-14-6-4-13(5-7-14)27-11-18(23,24)8-17(21,22)10-25-9-16(3,19)20;3*1-4-10-16(11-5-1)19(17-12-6-2-7-13-17)18-14-8-3-9-15-18;1-3-12-4-6-13(7-5-12)24-11-16(21,22)8-15(19,20)10-23-9-14(2,17)18;1-2-11-3-5-12(6-4-11)24-9-14(18,19)7-13(16,17)8-23-10-15(20,21)22/h4-7H,1,8-11H2,2-3H3;3*1-15H;3-7,24H,1,8-11H2,2H3;2-6,24H,1,7-10H2/q-1;3*+1;2*-1. The summed E-state index contributed by atoms with van der Waals surface area (Å²) >= 11 is 0. The number of halogens is 19. The van der Waals surface area contributed by atoms with E-state index in [9.17, 15) is 88.2 Å². The molecule has 0 aliphatic rings. The van der Waals surface area contributed by atoms with Gasteiger partial charge in [0, 0.05) is 16.9 Å². The second kappa shape index (κ2) is 52.7. The van der Waals surface area contributed by atoms with Crippen LogP contribution in [0.3, 0.4) is 0 Å². The van der Waals surface area contributed by atoms with Gasteiger partial charge in [-0.2, -0.15) is 13.2 Å². The lowest BCUT2D eigenvalue weighted by Gasteiger charge is -2.31. The molecule has 0 aliphatic carbocycles. The average Bonchev–Trinajstić information content (AvgIpc) is 0.847. The van der Waals surface area contributed by atoms with Crippen molar-refractivity contribution in [2.24, 2.45) is 0 Å². The summed E-state index contributed by atoms with van der Waals surface area (Å²) in [6.45, 7) is 1.01. The third-order valence-electron chi connectivity index (χ3n) is 17.7. The van der Waals surface area contributed by atoms with Gasteiger partial charge in [0.2, 0.25) is 29.6 Å². The largest absolute Gasteiger partial charge is 0.653 e. The van der Waals surface area contributed by atoms with Gasteiger partial charge in [-0.25, -0.2) is 75.0 Å². The molecular weight excluding hydrogens is 1810 g/mol. The zero-order valence-electron chi connectivity index (χ0n) is 72.6. The Morgan fingerprint density at radius 1 is 0.308 bits per heavy atom. The van der Waals surface area contributed by atoms with Crippen LogP contribution >= 0.6 is 0 Å². The van der Waals surface area contributed by atoms with Crippen molar-refractivity contribution < 1.29 is 97.7 Å². The minimum Gasteiger partial charge on any atom is -0.653 e. The van der Waals surface area contributed by atoms with Crippen molar-refractivity contribution in [3.8, 4) is 11.5 Å². The monoisotopic (exact) mass is 1910 g/mol. The lowest BCUT2D eigenvalue weighted by molar-refractivity contribution is -0.130. The number of alkyl halides is 19. The Balaban J connectivity index is 0.000000219. The number of benzene rings is 12. The van der Waals surface area contributed by atoms with Gasteiger partial charge in [-0.15, -0.1) is 0 Å². The predicted octanol–water partition coefficient (Wildman–Crippen LogP) is 30.4. The fraction of sp³-hybridized carbons (Fsp3) is 0.233. The van der Waals surface area contributed by atoms with Crippen molar-refractivity contribution in [3.05, 3.63) is 398 Å². The summed E-state index contributed by atoms with van der Waals surface area (Å²) in [6.07, 6.45) is -7.17. The number of esters is 1. The van der Waals surface area contributed by atoms with Crippen LogP contribution < -0.4 is 20.1 Å². The number of rotatable bonds is 39. The average molecular weight is 1910 g/mol. The Labute approximate surface area is 772 Å². The summed E-state index contributed by atoms with van der Waals surface area (Å²) in [7, 11) is -0.0439. The van der Waals surface area contributed by atoms with Crippen LogP contribution in [-0.4, -0.2) is 118 Å². The molecule has 0 amide bonds. The lowest BCUT2D eigenvalue weighted by Crippen LogP contribution is -2.37. The molecule has 706 valence electrons. The fourth-order valence-corrected chi connectivity index (χ4v) is 18.1. The number of anilines is 2. The molecule has 12 aromatic carbocycles. The molecule has 0 radical (unpaired) electrons. The Bertz CT molecular complexity index is 4660. The van der Waals surface area contributed by atoms with Gasteiger partial charge in [-0.05, 0) is 190 Å². The molecule has 12 aromatic rings. The molecule has 0 heterocycles. The summed E-state index contributed by atoms with van der Waals surface area (Å²) in [5.41, 5.74) is 2.35. The third kappa shape index (κ3) is 42.8. The minimum atomic E-state index is -4.74. The normalized spacial score (nSPS) is 11.9. The van der Waals surface area contributed by atoms with E-state index < -0.39 is 138 Å². The van der Waals surface area contributed by atoms with Crippen LogP contribution in [0.25, 0.3) is 28.1 Å². The first-order valence-electron chi connectivity index (χ1n) is 41.1. The molecule has 8 nitrogen and oxygen atoms in total. The maximum absolute atomic E-state index is 13.7. The number of hydrogen-bond acceptors (Lipinski definition) is 5. The number of nitrogens with zero attached hydrogens (tertiary/aromatic N) is 3. The van der Waals surface area contributed by atoms with E-state index in [4.69, 9.17) is 9.47 Å². The van der Waals surface area contributed by atoms with Gasteiger partial charge < -0.3 is 36.1 Å². The number of ether oxygens (including phenoxy) is 2. The third-order valence-corrected chi connectivity index (χ3v) is 24.4. The smallest absolute Gasteiger partial charge is 0.371 e. The van der Waals surface area contributed by atoms with Crippen molar-refractivity contribution in [3.63, 3.8) is 0 Å². The zero-order chi connectivity index (χ0) is 97.2. The molecule has 0 unspecified atom stereocenters. The highest BCUT2D eigenvalue weighted by Crippen LogP contribution is 2.39. The maximum atomic E-state index is 13.7. The minimum absolute atomic E-state index is 0.0146. The van der Waals surface area contributed by atoms with E-state index in [1.54, 1.807) is 36.4 Å². The lowest BCUT2D eigenvalue weighted by atomic mass is 10.1. The predicted molar refractivity (Wildman–Crippen MR) is 497 cm³/mol. The van der Waals surface area contributed by atoms with E-state index in [1.807, 2.05) is 0 Å². The molecule has 12 rings (SSSR count). The van der Waals surface area contributed by atoms with E-state index in [0.29, 0.717) is 25.2 Å². The second-order valence-corrected chi connectivity index (χ2v) is 36.1. The van der Waals surface area contributed by atoms with Gasteiger partial charge in [0.25, 0.3) is 17.8 Å². The Hall–Kier alpha value is -11.7. The molecule has 0 bridgehead atoms. The van der Waals surface area contributed by atoms with Gasteiger partial charge in [0.15, 0.2) is 50.7 Å². The highest BCUT2D eigenvalue weighted by molar-refractivity contribution is 7.97. The maximum Gasteiger partial charge on any atom is 0.371 e. The highest BCUT2D eigenvalue weighted by Gasteiger charge is 2.44. The van der Waals surface area contributed by atoms with Crippen molar-refractivity contribution in [1.82, 2.24) is 0 Å². The quantitative estimate of drug-likeness (QED) is 0.0131. The van der Waals surface area contributed by atoms with E-state index in [2.05, 4.69) is 319 Å². The van der Waals surface area contributed by atoms with E-state index >= 15 is 0 Å². The van der Waals surface area contributed by atoms with Crippen LogP contribution in [0.5, 0.6) is 11.5 Å². The van der Waals surface area contributed by atoms with Gasteiger partial charge in [0.1, 0.15) is 11.5 Å². The number of carbonyl (C=O) groups excluding carboxylic acids is 1. The van der Waals surface area contributed by atoms with Crippen LogP contribution in [0.2, 0.25) is 0 Å². The van der Waals surface area contributed by atoms with Crippen LogP contribution in [0.15, 0.2) is 415 Å². The molecule has 0 saturated carbocycles. The van der Waals surface area contributed by atoms with Crippen molar-refractivity contribution in [2.75, 3.05) is 69.6 Å². The molecule has 0 spiro atoms. The number of nitrogens with one attached hydrogen (secondary N) is 2. The number of hydrogen-bond donors (Lipinski definition) is 2. The Kier molecular flexibility index (Phi) is 42.9. The molecule has 0 atom stereocenters. The van der Waals surface area contributed by atoms with Crippen molar-refractivity contribution in [1.29, 1.82) is 0 Å². The van der Waals surface area contributed by atoms with Gasteiger partial charge in [-0.3, -0.25) is 0 Å². The molecule has 133 heavy (non-hydrogen) atoms. The highest BCUT2D eigenvalue weighted by atomic mass is 32.2. The van der Waals surface area contributed by atoms with Gasteiger partial charge >= 0.3 is 12.1 Å². The van der Waals surface area contributed by atoms with Gasteiger partial charge in [-0.1, -0.05) is 259 Å². The summed E-state index contributed by atoms with van der Waals surface area (Å²) in [5.74, 6) is -30.4. The van der Waals surface area contributed by atoms with Crippen LogP contribution in [0, 0.1) is 0 Å². The van der Waals surface area contributed by atoms with Crippen molar-refractivity contribution in [2.45, 2.75) is 138 Å². The van der Waals surface area contributed by atoms with E-state index in [-0.39, 0.29) is 49.8 Å². The Morgan fingerprint density at radius 3 is 0.752 bits per heavy atom. The fourth-order valence-electron chi connectivity index (χ4n) is 11.8. The first-order chi connectivity index (χ1) is 62.9. The topological polar surface area (TPSA) is 102 Å². The van der Waals surface area contributed by atoms with Crippen LogP contribution in [0.4, 0.5) is 94.8 Å². The summed E-state index contributed by atoms with van der Waals surface area (Å²) in [6, 6.07) is 114. The van der Waals surface area contributed by atoms with Crippen LogP contribution in [0.1, 0.15) is 51.2 Å². The molecule has 0 fully saturated rings. The first kappa shape index (κ1) is 108. The van der Waals surface area contributed by atoms with Crippen LogP contribution in [-0.2, 0) is 37.5 Å². The Morgan fingerprint density at radius 2 is 0.534 bits per heavy atom. The first-order valence-corrected chi connectivity index (χ1v) is 44.8. The van der Waals surface area contributed by atoms with Crippen molar-refractivity contribution >= 4 is 62.2 Å². The van der Waals surface area contributed by atoms with E-state index in [1.165, 1.54) is 99.5 Å². The second-order valence-electron chi connectivity index (χ2n) is 30.1. The molecular formula is C103H100F19N5O3S3. The SMILES string of the molecule is C=C(C)C(=O)Oc1ccc(OCC(F)(F)CC(F)(F)C[N-]CC(C)(F)F)cc1.C=Cc1ccc(NCC(F)(F)CC(F)(F)C[N-]CC(C)(F)F)cc1.C=Cc1ccc(NCC(F)(F)CC(F)(F)C[N-]CC(F)(F)F)cc1.c1ccc([S+](c2ccccc2)c2ccccc2)cc1.c1ccc([S+](c2ccccc2)c2ccccc2)cc1.c1ccc([S+](c2ccccc2)c2ccccc2)cc1. The summed E-state index contributed by atoms with van der Waals surface area (Å²) in [5, 5.41) is 13.2. The summed E-state index contributed by atoms with van der Waals surface area (Å²) < 4.78 is 258. The zero-order valence-corrected chi connectivity index (χ0v) is 75.1. The molecule has 30 heteroatoms. The summed E-state index contributed by atoms with van der Waals surface area (Å²) in [4.78, 5) is 23.6. The van der Waals surface area contributed by atoms with E-state index in [0.717, 1.165) is 11.1 Å².